The number of furan rings is 1. The fourth-order valence-electron chi connectivity index (χ4n) is 2.06. The van der Waals surface area contributed by atoms with E-state index in [4.69, 9.17) is 4.42 Å². The molecule has 1 aliphatic rings. The van der Waals surface area contributed by atoms with Gasteiger partial charge in [-0.1, -0.05) is 26.7 Å². The molecule has 0 unspecified atom stereocenters. The van der Waals surface area contributed by atoms with Crippen molar-refractivity contribution in [1.29, 1.82) is 0 Å². The molecule has 1 saturated carbocycles. The molecule has 1 aromatic rings. The summed E-state index contributed by atoms with van der Waals surface area (Å²) in [6.07, 6.45) is 3.40. The SMILES string of the molecule is Cc1oc(CNC(C)C)cc1S(=O)(=O)NCCC1CC1. The molecule has 114 valence electrons. The van der Waals surface area contributed by atoms with Crippen LogP contribution in [0.5, 0.6) is 0 Å². The minimum Gasteiger partial charge on any atom is -0.464 e. The van der Waals surface area contributed by atoms with E-state index in [2.05, 4.69) is 10.0 Å². The van der Waals surface area contributed by atoms with Crippen molar-refractivity contribution in [2.75, 3.05) is 6.54 Å². The Kier molecular flexibility index (Phi) is 4.88. The molecule has 0 aromatic carbocycles. The molecule has 0 bridgehead atoms. The molecule has 5 nitrogen and oxygen atoms in total. The van der Waals surface area contributed by atoms with Crippen molar-refractivity contribution >= 4 is 10.0 Å². The van der Waals surface area contributed by atoms with E-state index in [1.54, 1.807) is 13.0 Å². The third-order valence-electron chi connectivity index (χ3n) is 3.44. The van der Waals surface area contributed by atoms with Crippen LogP contribution in [0.1, 0.15) is 44.6 Å². The average molecular weight is 300 g/mol. The van der Waals surface area contributed by atoms with Crippen molar-refractivity contribution in [1.82, 2.24) is 10.0 Å². The molecule has 1 heterocycles. The minimum atomic E-state index is -3.45. The monoisotopic (exact) mass is 300 g/mol. The van der Waals surface area contributed by atoms with E-state index in [0.29, 0.717) is 36.6 Å². The summed E-state index contributed by atoms with van der Waals surface area (Å²) in [4.78, 5) is 0.258. The predicted octanol–water partition coefficient (Wildman–Crippen LogP) is 2.16. The Morgan fingerprint density at radius 3 is 2.70 bits per heavy atom. The fourth-order valence-corrected chi connectivity index (χ4v) is 3.31. The zero-order chi connectivity index (χ0) is 14.8. The summed E-state index contributed by atoms with van der Waals surface area (Å²) < 4.78 is 32.6. The van der Waals surface area contributed by atoms with Crippen molar-refractivity contribution in [3.8, 4) is 0 Å². The van der Waals surface area contributed by atoms with Crippen molar-refractivity contribution < 1.29 is 12.8 Å². The summed E-state index contributed by atoms with van der Waals surface area (Å²) >= 11 is 0. The van der Waals surface area contributed by atoms with Crippen molar-refractivity contribution in [3.63, 3.8) is 0 Å². The van der Waals surface area contributed by atoms with E-state index in [0.717, 1.165) is 6.42 Å². The van der Waals surface area contributed by atoms with Crippen molar-refractivity contribution in [2.45, 2.75) is 57.5 Å². The van der Waals surface area contributed by atoms with Crippen LogP contribution in [0.25, 0.3) is 0 Å². The Bertz CT molecular complexity index is 545. The first-order chi connectivity index (χ1) is 9.38. The first kappa shape index (κ1) is 15.5. The smallest absolute Gasteiger partial charge is 0.244 e. The molecule has 0 radical (unpaired) electrons. The molecule has 0 aliphatic heterocycles. The van der Waals surface area contributed by atoms with Gasteiger partial charge in [0.2, 0.25) is 10.0 Å². The van der Waals surface area contributed by atoms with E-state index < -0.39 is 10.0 Å². The Morgan fingerprint density at radius 1 is 1.40 bits per heavy atom. The second-order valence-corrected chi connectivity index (χ2v) is 7.53. The molecule has 1 aromatic heterocycles. The Morgan fingerprint density at radius 2 is 2.10 bits per heavy atom. The normalized spacial score (nSPS) is 16.0. The maximum Gasteiger partial charge on any atom is 0.244 e. The molecule has 20 heavy (non-hydrogen) atoms. The molecule has 0 spiro atoms. The number of rotatable bonds is 8. The summed E-state index contributed by atoms with van der Waals surface area (Å²) in [6, 6.07) is 1.95. The summed E-state index contributed by atoms with van der Waals surface area (Å²) in [6.45, 7) is 6.81. The van der Waals surface area contributed by atoms with Crippen LogP contribution < -0.4 is 10.0 Å². The van der Waals surface area contributed by atoms with Crippen molar-refractivity contribution in [2.24, 2.45) is 5.92 Å². The summed E-state index contributed by atoms with van der Waals surface area (Å²) in [5, 5.41) is 3.21. The van der Waals surface area contributed by atoms with Gasteiger partial charge in [0.05, 0.1) is 6.54 Å². The van der Waals surface area contributed by atoms with Gasteiger partial charge in [0.15, 0.2) is 0 Å². The Balaban J connectivity index is 1.98. The van der Waals surface area contributed by atoms with E-state index in [-0.39, 0.29) is 4.90 Å². The minimum absolute atomic E-state index is 0.258. The molecule has 0 atom stereocenters. The molecule has 2 N–H and O–H groups in total. The van der Waals surface area contributed by atoms with Gasteiger partial charge in [-0.25, -0.2) is 13.1 Å². The molecular formula is C14H24N2O3S. The average Bonchev–Trinajstić information content (AvgIpc) is 3.08. The number of nitrogens with one attached hydrogen (secondary N) is 2. The highest BCUT2D eigenvalue weighted by Gasteiger charge is 2.24. The van der Waals surface area contributed by atoms with Crippen molar-refractivity contribution in [3.05, 3.63) is 17.6 Å². The summed E-state index contributed by atoms with van der Waals surface area (Å²) in [5.41, 5.74) is 0. The van der Waals surface area contributed by atoms with Gasteiger partial charge >= 0.3 is 0 Å². The highest BCUT2D eigenvalue weighted by atomic mass is 32.2. The van der Waals surface area contributed by atoms with Gasteiger partial charge in [-0.3, -0.25) is 0 Å². The Labute approximate surface area is 121 Å². The summed E-state index contributed by atoms with van der Waals surface area (Å²) in [5.74, 6) is 1.82. The van der Waals surface area contributed by atoms with Crippen LogP contribution in [0.2, 0.25) is 0 Å². The number of aryl methyl sites for hydroxylation is 1. The van der Waals surface area contributed by atoms with Gasteiger partial charge in [-0.05, 0) is 19.3 Å². The number of hydrogen-bond donors (Lipinski definition) is 2. The number of sulfonamides is 1. The van der Waals surface area contributed by atoms with Gasteiger partial charge in [0.25, 0.3) is 0 Å². The lowest BCUT2D eigenvalue weighted by atomic mass is 10.3. The lowest BCUT2D eigenvalue weighted by Gasteiger charge is -2.04. The van der Waals surface area contributed by atoms with Gasteiger partial charge in [-0.2, -0.15) is 0 Å². The quantitative estimate of drug-likeness (QED) is 0.772. The second-order valence-electron chi connectivity index (χ2n) is 5.80. The fraction of sp³-hybridized carbons (Fsp3) is 0.714. The molecule has 1 aliphatic carbocycles. The maximum absolute atomic E-state index is 12.2. The molecule has 1 fully saturated rings. The Hall–Kier alpha value is -0.850. The van der Waals surface area contributed by atoms with Gasteiger partial charge < -0.3 is 9.73 Å². The second kappa shape index (κ2) is 6.28. The van der Waals surface area contributed by atoms with Gasteiger partial charge in [0, 0.05) is 18.7 Å². The van der Waals surface area contributed by atoms with Crippen LogP contribution in [-0.2, 0) is 16.6 Å². The predicted molar refractivity (Wildman–Crippen MR) is 78.0 cm³/mol. The lowest BCUT2D eigenvalue weighted by Crippen LogP contribution is -2.25. The van der Waals surface area contributed by atoms with Crippen LogP contribution in [0.3, 0.4) is 0 Å². The zero-order valence-electron chi connectivity index (χ0n) is 12.4. The molecular weight excluding hydrogens is 276 g/mol. The van der Waals surface area contributed by atoms with Crippen LogP contribution in [0, 0.1) is 12.8 Å². The standard InChI is InChI=1S/C14H24N2O3S/c1-10(2)15-9-13-8-14(11(3)19-13)20(17,18)16-7-6-12-4-5-12/h8,10,12,15-16H,4-7,9H2,1-3H3. The van der Waals surface area contributed by atoms with Crippen LogP contribution in [-0.4, -0.2) is 21.0 Å². The first-order valence-electron chi connectivity index (χ1n) is 7.21. The van der Waals surface area contributed by atoms with Crippen LogP contribution in [0.15, 0.2) is 15.4 Å². The van der Waals surface area contributed by atoms with E-state index in [1.807, 2.05) is 13.8 Å². The molecule has 6 heteroatoms. The van der Waals surface area contributed by atoms with E-state index >= 15 is 0 Å². The molecule has 0 saturated heterocycles. The lowest BCUT2D eigenvalue weighted by molar-refractivity contribution is 0.444. The first-order valence-corrected chi connectivity index (χ1v) is 8.69. The zero-order valence-corrected chi connectivity index (χ0v) is 13.2. The highest BCUT2D eigenvalue weighted by molar-refractivity contribution is 7.89. The molecule has 2 rings (SSSR count). The van der Waals surface area contributed by atoms with Crippen LogP contribution in [0.4, 0.5) is 0 Å². The van der Waals surface area contributed by atoms with Crippen LogP contribution >= 0.6 is 0 Å². The number of hydrogen-bond acceptors (Lipinski definition) is 4. The van der Waals surface area contributed by atoms with Gasteiger partial charge in [0.1, 0.15) is 16.4 Å². The summed E-state index contributed by atoms with van der Waals surface area (Å²) in [7, 11) is -3.45. The van der Waals surface area contributed by atoms with E-state index in [1.165, 1.54) is 12.8 Å². The largest absolute Gasteiger partial charge is 0.464 e. The van der Waals surface area contributed by atoms with Gasteiger partial charge in [-0.15, -0.1) is 0 Å². The maximum atomic E-state index is 12.2. The highest BCUT2D eigenvalue weighted by Crippen LogP contribution is 2.32. The van der Waals surface area contributed by atoms with E-state index in [9.17, 15) is 8.42 Å². The third kappa shape index (κ3) is 4.33. The third-order valence-corrected chi connectivity index (χ3v) is 5.01. The topological polar surface area (TPSA) is 71.3 Å². The molecule has 0 amide bonds.